The van der Waals surface area contributed by atoms with Crippen LogP contribution >= 0.6 is 0 Å². The minimum atomic E-state index is -0.187. The van der Waals surface area contributed by atoms with E-state index in [0.717, 1.165) is 11.3 Å². The number of nitrogens with zero attached hydrogens (tertiary/aromatic N) is 1. The second-order valence-corrected chi connectivity index (χ2v) is 4.65. The average molecular weight is 224 g/mol. The van der Waals surface area contributed by atoms with Gasteiger partial charge in [0.15, 0.2) is 0 Å². The van der Waals surface area contributed by atoms with Crippen LogP contribution in [0.5, 0.6) is 0 Å². The number of nitrogens with two attached hydrogens (primary N) is 1. The summed E-state index contributed by atoms with van der Waals surface area (Å²) in [5, 5.41) is 0. The van der Waals surface area contributed by atoms with Crippen molar-refractivity contribution >= 4 is 5.69 Å². The van der Waals surface area contributed by atoms with E-state index in [9.17, 15) is 4.39 Å². The molecule has 1 atom stereocenters. The molecule has 2 N–H and O–H groups in total. The highest BCUT2D eigenvalue weighted by Crippen LogP contribution is 2.28. The maximum absolute atomic E-state index is 13.5. The van der Waals surface area contributed by atoms with Crippen LogP contribution in [0.2, 0.25) is 0 Å². The zero-order chi connectivity index (χ0) is 12.5. The van der Waals surface area contributed by atoms with Crippen LogP contribution in [0, 0.1) is 12.7 Å². The summed E-state index contributed by atoms with van der Waals surface area (Å²) in [6, 6.07) is 3.62. The summed E-state index contributed by atoms with van der Waals surface area (Å²) in [5.74, 6) is -0.187. The van der Waals surface area contributed by atoms with E-state index in [2.05, 4.69) is 18.7 Å². The van der Waals surface area contributed by atoms with Gasteiger partial charge < -0.3 is 10.6 Å². The Labute approximate surface area is 97.3 Å². The van der Waals surface area contributed by atoms with E-state index in [4.69, 9.17) is 5.73 Å². The van der Waals surface area contributed by atoms with Crippen molar-refractivity contribution in [1.29, 1.82) is 0 Å². The molecule has 0 spiro atoms. The molecule has 0 aliphatic rings. The van der Waals surface area contributed by atoms with E-state index in [1.807, 2.05) is 20.0 Å². The molecule has 16 heavy (non-hydrogen) atoms. The van der Waals surface area contributed by atoms with Gasteiger partial charge in [-0.3, -0.25) is 0 Å². The van der Waals surface area contributed by atoms with Crippen molar-refractivity contribution in [1.82, 2.24) is 0 Å². The van der Waals surface area contributed by atoms with E-state index in [0.29, 0.717) is 11.6 Å². The van der Waals surface area contributed by atoms with E-state index in [1.54, 1.807) is 13.0 Å². The van der Waals surface area contributed by atoms with Crippen molar-refractivity contribution in [2.45, 2.75) is 39.8 Å². The largest absolute Gasteiger partial charge is 0.372 e. The molecule has 0 fully saturated rings. The van der Waals surface area contributed by atoms with Gasteiger partial charge in [-0.1, -0.05) is 0 Å². The van der Waals surface area contributed by atoms with Crippen molar-refractivity contribution in [3.8, 4) is 0 Å². The molecule has 0 aromatic heterocycles. The van der Waals surface area contributed by atoms with Crippen LogP contribution in [-0.4, -0.2) is 13.1 Å². The normalized spacial score (nSPS) is 13.0. The predicted octanol–water partition coefficient (Wildman–Crippen LogP) is 3.00. The van der Waals surface area contributed by atoms with Gasteiger partial charge in [-0.05, 0) is 51.0 Å². The minimum absolute atomic E-state index is 0.161. The summed E-state index contributed by atoms with van der Waals surface area (Å²) < 4.78 is 13.5. The number of anilines is 1. The Bertz CT molecular complexity index is 372. The fraction of sp³-hybridized carbons (Fsp3) is 0.538. The molecule has 2 nitrogen and oxygen atoms in total. The van der Waals surface area contributed by atoms with E-state index in [-0.39, 0.29) is 11.9 Å². The lowest BCUT2D eigenvalue weighted by molar-refractivity contribution is 0.611. The van der Waals surface area contributed by atoms with Crippen molar-refractivity contribution < 1.29 is 4.39 Å². The molecule has 0 unspecified atom stereocenters. The first-order valence-corrected chi connectivity index (χ1v) is 5.63. The van der Waals surface area contributed by atoms with Crippen LogP contribution in [0.1, 0.15) is 37.9 Å². The smallest absolute Gasteiger partial charge is 0.126 e. The van der Waals surface area contributed by atoms with E-state index in [1.165, 1.54) is 0 Å². The lowest BCUT2D eigenvalue weighted by atomic mass is 10.0. The Hall–Kier alpha value is -1.09. The third kappa shape index (κ3) is 2.53. The number of rotatable bonds is 3. The molecule has 90 valence electrons. The topological polar surface area (TPSA) is 29.3 Å². The lowest BCUT2D eigenvalue weighted by Gasteiger charge is -2.28. The Morgan fingerprint density at radius 3 is 2.25 bits per heavy atom. The second-order valence-electron chi connectivity index (χ2n) is 4.65. The molecule has 1 aromatic carbocycles. The average Bonchev–Trinajstić information content (AvgIpc) is 2.19. The Kier molecular flexibility index (Phi) is 3.92. The van der Waals surface area contributed by atoms with Crippen LogP contribution in [0.3, 0.4) is 0 Å². The number of benzene rings is 1. The molecule has 0 aliphatic carbocycles. The third-order valence-corrected chi connectivity index (χ3v) is 2.95. The molecular formula is C13H21FN2. The van der Waals surface area contributed by atoms with Gasteiger partial charge >= 0.3 is 0 Å². The molecular weight excluding hydrogens is 203 g/mol. The molecule has 3 heteroatoms. The maximum Gasteiger partial charge on any atom is 0.126 e. The first kappa shape index (κ1) is 13.0. The molecule has 1 aromatic rings. The van der Waals surface area contributed by atoms with Gasteiger partial charge in [-0.2, -0.15) is 0 Å². The SMILES string of the molecule is Cc1cc(N(C)C(C)C)c([C@H](C)N)cc1F. The summed E-state index contributed by atoms with van der Waals surface area (Å²) in [7, 11) is 2.00. The first-order chi connectivity index (χ1) is 7.34. The summed E-state index contributed by atoms with van der Waals surface area (Å²) in [6.45, 7) is 7.85. The van der Waals surface area contributed by atoms with Gasteiger partial charge in [0.25, 0.3) is 0 Å². The van der Waals surface area contributed by atoms with Crippen LogP contribution < -0.4 is 10.6 Å². The van der Waals surface area contributed by atoms with Crippen LogP contribution in [-0.2, 0) is 0 Å². The van der Waals surface area contributed by atoms with Gasteiger partial charge in [0.1, 0.15) is 5.82 Å². The zero-order valence-corrected chi connectivity index (χ0v) is 10.7. The Morgan fingerprint density at radius 1 is 1.25 bits per heavy atom. The molecule has 0 radical (unpaired) electrons. The van der Waals surface area contributed by atoms with Crippen molar-refractivity contribution in [3.05, 3.63) is 29.1 Å². The van der Waals surface area contributed by atoms with Crippen molar-refractivity contribution in [3.63, 3.8) is 0 Å². The highest BCUT2D eigenvalue weighted by molar-refractivity contribution is 5.57. The Morgan fingerprint density at radius 2 is 1.81 bits per heavy atom. The highest BCUT2D eigenvalue weighted by atomic mass is 19.1. The van der Waals surface area contributed by atoms with Crippen LogP contribution in [0.4, 0.5) is 10.1 Å². The summed E-state index contributed by atoms with van der Waals surface area (Å²) in [5.41, 5.74) is 8.42. The summed E-state index contributed by atoms with van der Waals surface area (Å²) >= 11 is 0. The Balaban J connectivity index is 3.30. The zero-order valence-electron chi connectivity index (χ0n) is 10.7. The van der Waals surface area contributed by atoms with Crippen LogP contribution in [0.15, 0.2) is 12.1 Å². The van der Waals surface area contributed by atoms with Crippen molar-refractivity contribution in [2.24, 2.45) is 5.73 Å². The molecule has 0 aliphatic heterocycles. The standard InChI is InChI=1S/C13H21FN2/c1-8(2)16(5)13-6-9(3)12(14)7-11(13)10(4)15/h6-8,10H,15H2,1-5H3/t10-/m0/s1. The molecule has 0 amide bonds. The quantitative estimate of drug-likeness (QED) is 0.855. The first-order valence-electron chi connectivity index (χ1n) is 5.63. The van der Waals surface area contributed by atoms with Crippen molar-refractivity contribution in [2.75, 3.05) is 11.9 Å². The van der Waals surface area contributed by atoms with Gasteiger partial charge in [0.2, 0.25) is 0 Å². The lowest BCUT2D eigenvalue weighted by Crippen LogP contribution is -2.28. The maximum atomic E-state index is 13.5. The minimum Gasteiger partial charge on any atom is -0.372 e. The van der Waals surface area contributed by atoms with E-state index >= 15 is 0 Å². The summed E-state index contributed by atoms with van der Waals surface area (Å²) in [6.07, 6.45) is 0. The number of halogens is 1. The highest BCUT2D eigenvalue weighted by Gasteiger charge is 2.15. The third-order valence-electron chi connectivity index (χ3n) is 2.95. The van der Waals surface area contributed by atoms with Gasteiger partial charge in [0.05, 0.1) is 0 Å². The molecule has 0 heterocycles. The number of hydrogen-bond acceptors (Lipinski definition) is 2. The fourth-order valence-electron chi connectivity index (χ4n) is 1.63. The summed E-state index contributed by atoms with van der Waals surface area (Å²) in [4.78, 5) is 2.12. The molecule has 0 saturated carbocycles. The van der Waals surface area contributed by atoms with Gasteiger partial charge in [-0.25, -0.2) is 4.39 Å². The van der Waals surface area contributed by atoms with E-state index < -0.39 is 0 Å². The van der Waals surface area contributed by atoms with Gasteiger partial charge in [-0.15, -0.1) is 0 Å². The number of aryl methyl sites for hydroxylation is 1. The fourth-order valence-corrected chi connectivity index (χ4v) is 1.63. The van der Waals surface area contributed by atoms with Crippen LogP contribution in [0.25, 0.3) is 0 Å². The predicted molar refractivity (Wildman–Crippen MR) is 67.3 cm³/mol. The second kappa shape index (κ2) is 4.83. The molecule has 0 saturated heterocycles. The van der Waals surface area contributed by atoms with Gasteiger partial charge in [0, 0.05) is 24.8 Å². The number of hydrogen-bond donors (Lipinski definition) is 1. The molecule has 1 rings (SSSR count). The monoisotopic (exact) mass is 224 g/mol. The molecule has 0 bridgehead atoms.